The van der Waals surface area contributed by atoms with E-state index in [0.717, 1.165) is 5.56 Å². The molecule has 0 radical (unpaired) electrons. The van der Waals surface area contributed by atoms with Gasteiger partial charge in [-0.05, 0) is 35.4 Å². The number of benzene rings is 2. The van der Waals surface area contributed by atoms with Gasteiger partial charge in [0.25, 0.3) is 0 Å². The summed E-state index contributed by atoms with van der Waals surface area (Å²) >= 11 is 0. The van der Waals surface area contributed by atoms with E-state index in [1.807, 2.05) is 18.2 Å². The number of nitrogens with zero attached hydrogens (tertiary/aromatic N) is 1. The molecule has 2 aromatic carbocycles. The van der Waals surface area contributed by atoms with Crippen LogP contribution in [-0.4, -0.2) is 38.3 Å². The zero-order valence-electron chi connectivity index (χ0n) is 14.8. The predicted molar refractivity (Wildman–Crippen MR) is 99.3 cm³/mol. The van der Waals surface area contributed by atoms with E-state index in [1.165, 1.54) is 28.9 Å². The van der Waals surface area contributed by atoms with Gasteiger partial charge in [0.15, 0.2) is 0 Å². The summed E-state index contributed by atoms with van der Waals surface area (Å²) in [5.74, 6) is -0.201. The molecule has 0 fully saturated rings. The van der Waals surface area contributed by atoms with Crippen LogP contribution >= 0.6 is 0 Å². The Bertz CT molecular complexity index is 894. The molecule has 1 aliphatic heterocycles. The van der Waals surface area contributed by atoms with Crippen LogP contribution in [0.15, 0.2) is 53.4 Å². The van der Waals surface area contributed by atoms with Crippen molar-refractivity contribution in [2.75, 3.05) is 18.9 Å². The molecule has 3 rings (SSSR count). The lowest BCUT2D eigenvalue weighted by Gasteiger charge is -2.28. The van der Waals surface area contributed by atoms with Gasteiger partial charge in [0.1, 0.15) is 0 Å². The molecule has 1 unspecified atom stereocenters. The van der Waals surface area contributed by atoms with Gasteiger partial charge in [0.2, 0.25) is 15.9 Å². The summed E-state index contributed by atoms with van der Waals surface area (Å²) in [6, 6.07) is 14.2. The molecular formula is C19H22N2O4S. The minimum Gasteiger partial charge on any atom is -0.372 e. The largest absolute Gasteiger partial charge is 0.372 e. The Morgan fingerprint density at radius 1 is 1.15 bits per heavy atom. The number of rotatable bonds is 5. The average Bonchev–Trinajstić information content (AvgIpc) is 2.61. The van der Waals surface area contributed by atoms with Crippen LogP contribution in [-0.2, 0) is 32.6 Å². The van der Waals surface area contributed by atoms with E-state index in [9.17, 15) is 13.2 Å². The average molecular weight is 374 g/mol. The fourth-order valence-corrected chi connectivity index (χ4v) is 4.21. The molecule has 138 valence electrons. The van der Waals surface area contributed by atoms with Crippen LogP contribution in [0.4, 0.5) is 5.69 Å². The Balaban J connectivity index is 1.69. The predicted octanol–water partition coefficient (Wildman–Crippen LogP) is 2.41. The van der Waals surface area contributed by atoms with Crippen LogP contribution < -0.4 is 5.32 Å². The Morgan fingerprint density at radius 2 is 1.81 bits per heavy atom. The molecule has 1 heterocycles. The maximum atomic E-state index is 12.8. The van der Waals surface area contributed by atoms with Gasteiger partial charge in [-0.3, -0.25) is 4.79 Å². The minimum atomic E-state index is -3.62. The molecule has 1 N–H and O–H groups in total. The number of sulfonamides is 1. The topological polar surface area (TPSA) is 75.7 Å². The van der Waals surface area contributed by atoms with Gasteiger partial charge in [0, 0.05) is 32.6 Å². The Kier molecular flexibility index (Phi) is 5.41. The van der Waals surface area contributed by atoms with Gasteiger partial charge >= 0.3 is 0 Å². The van der Waals surface area contributed by atoms with Crippen molar-refractivity contribution in [3.05, 3.63) is 59.7 Å². The smallest absolute Gasteiger partial charge is 0.242 e. The van der Waals surface area contributed by atoms with Crippen molar-refractivity contribution in [3.63, 3.8) is 0 Å². The number of anilines is 1. The highest BCUT2D eigenvalue weighted by Crippen LogP contribution is 2.23. The second-order valence-corrected chi connectivity index (χ2v) is 8.44. The highest BCUT2D eigenvalue weighted by molar-refractivity contribution is 7.89. The SMILES string of the molecule is CC(=O)Nc1ccc(S(=O)(=O)N(C)CC2Cc3ccccc3CO2)cc1. The van der Waals surface area contributed by atoms with E-state index < -0.39 is 10.0 Å². The van der Waals surface area contributed by atoms with Crippen LogP contribution in [0.2, 0.25) is 0 Å². The normalized spacial score (nSPS) is 17.0. The van der Waals surface area contributed by atoms with E-state index in [0.29, 0.717) is 18.7 Å². The van der Waals surface area contributed by atoms with Crippen LogP contribution in [0.1, 0.15) is 18.1 Å². The Morgan fingerprint density at radius 3 is 2.46 bits per heavy atom. The molecule has 0 bridgehead atoms. The summed E-state index contributed by atoms with van der Waals surface area (Å²) in [7, 11) is -2.06. The van der Waals surface area contributed by atoms with Crippen molar-refractivity contribution < 1.29 is 17.9 Å². The summed E-state index contributed by atoms with van der Waals surface area (Å²) in [5, 5.41) is 2.62. The first-order valence-electron chi connectivity index (χ1n) is 8.38. The molecule has 0 aliphatic carbocycles. The highest BCUT2D eigenvalue weighted by atomic mass is 32.2. The highest BCUT2D eigenvalue weighted by Gasteiger charge is 2.26. The second-order valence-electron chi connectivity index (χ2n) is 6.40. The first-order valence-corrected chi connectivity index (χ1v) is 9.82. The van der Waals surface area contributed by atoms with Crippen LogP contribution in [0, 0.1) is 0 Å². The van der Waals surface area contributed by atoms with Gasteiger partial charge in [-0.25, -0.2) is 8.42 Å². The number of fused-ring (bicyclic) bond motifs is 1. The minimum absolute atomic E-state index is 0.177. The van der Waals surface area contributed by atoms with E-state index in [1.54, 1.807) is 19.2 Å². The quantitative estimate of drug-likeness (QED) is 0.872. The number of carbonyl (C=O) groups excluding carboxylic acids is 1. The van der Waals surface area contributed by atoms with Crippen molar-refractivity contribution in [1.29, 1.82) is 0 Å². The fourth-order valence-electron chi connectivity index (χ4n) is 3.00. The first kappa shape index (κ1) is 18.6. The zero-order chi connectivity index (χ0) is 18.7. The Hall–Kier alpha value is -2.22. The third kappa shape index (κ3) is 4.12. The van der Waals surface area contributed by atoms with Crippen LogP contribution in [0.5, 0.6) is 0 Å². The van der Waals surface area contributed by atoms with Gasteiger partial charge < -0.3 is 10.1 Å². The summed E-state index contributed by atoms with van der Waals surface area (Å²) < 4.78 is 32.7. The number of amides is 1. The number of hydrogen-bond donors (Lipinski definition) is 1. The molecule has 1 amide bonds. The lowest BCUT2D eigenvalue weighted by molar-refractivity contribution is -0.114. The molecule has 1 atom stereocenters. The van der Waals surface area contributed by atoms with Crippen molar-refractivity contribution in [2.24, 2.45) is 0 Å². The summed E-state index contributed by atoms with van der Waals surface area (Å²) in [6.45, 7) is 2.19. The van der Waals surface area contributed by atoms with Crippen LogP contribution in [0.25, 0.3) is 0 Å². The van der Waals surface area contributed by atoms with Crippen molar-refractivity contribution in [2.45, 2.75) is 31.0 Å². The lowest BCUT2D eigenvalue weighted by Crippen LogP contribution is -2.38. The summed E-state index contributed by atoms with van der Waals surface area (Å²) in [4.78, 5) is 11.2. The Labute approximate surface area is 153 Å². The molecule has 0 aromatic heterocycles. The molecule has 0 saturated carbocycles. The third-order valence-corrected chi connectivity index (χ3v) is 6.22. The van der Waals surface area contributed by atoms with Crippen molar-refractivity contribution in [1.82, 2.24) is 4.31 Å². The van der Waals surface area contributed by atoms with E-state index in [4.69, 9.17) is 4.74 Å². The van der Waals surface area contributed by atoms with E-state index in [-0.39, 0.29) is 23.5 Å². The molecular weight excluding hydrogens is 352 g/mol. The van der Waals surface area contributed by atoms with Crippen molar-refractivity contribution in [3.8, 4) is 0 Å². The third-order valence-electron chi connectivity index (χ3n) is 4.38. The van der Waals surface area contributed by atoms with Gasteiger partial charge in [-0.2, -0.15) is 4.31 Å². The first-order chi connectivity index (χ1) is 12.4. The molecule has 26 heavy (non-hydrogen) atoms. The lowest BCUT2D eigenvalue weighted by atomic mass is 9.99. The molecule has 1 aliphatic rings. The van der Waals surface area contributed by atoms with Gasteiger partial charge in [0.05, 0.1) is 17.6 Å². The van der Waals surface area contributed by atoms with Gasteiger partial charge in [-0.15, -0.1) is 0 Å². The van der Waals surface area contributed by atoms with E-state index in [2.05, 4.69) is 11.4 Å². The molecule has 2 aromatic rings. The number of ether oxygens (including phenoxy) is 1. The van der Waals surface area contributed by atoms with Gasteiger partial charge in [-0.1, -0.05) is 24.3 Å². The fraction of sp³-hybridized carbons (Fsp3) is 0.316. The maximum Gasteiger partial charge on any atom is 0.242 e. The molecule has 0 spiro atoms. The number of nitrogens with one attached hydrogen (secondary N) is 1. The standard InChI is InChI=1S/C19H22N2O4S/c1-14(22)20-17-7-9-19(10-8-17)26(23,24)21(2)12-18-11-15-5-3-4-6-16(15)13-25-18/h3-10,18H,11-13H2,1-2H3,(H,20,22). The van der Waals surface area contributed by atoms with Crippen molar-refractivity contribution >= 4 is 21.6 Å². The zero-order valence-corrected chi connectivity index (χ0v) is 15.6. The monoisotopic (exact) mass is 374 g/mol. The second kappa shape index (κ2) is 7.57. The summed E-state index contributed by atoms with van der Waals surface area (Å²) in [5.41, 5.74) is 2.92. The number of likely N-dealkylation sites (N-methyl/N-ethyl adjacent to an activating group) is 1. The summed E-state index contributed by atoms with van der Waals surface area (Å²) in [6.07, 6.45) is 0.514. The molecule has 0 saturated heterocycles. The van der Waals surface area contributed by atoms with E-state index >= 15 is 0 Å². The van der Waals surface area contributed by atoms with Crippen LogP contribution in [0.3, 0.4) is 0 Å². The number of carbonyl (C=O) groups is 1. The molecule has 7 heteroatoms. The number of hydrogen-bond acceptors (Lipinski definition) is 4. The molecule has 6 nitrogen and oxygen atoms in total. The maximum absolute atomic E-state index is 12.8.